The maximum atomic E-state index is 13.7. The van der Waals surface area contributed by atoms with Gasteiger partial charge in [0.25, 0.3) is 0 Å². The van der Waals surface area contributed by atoms with Gasteiger partial charge in [-0.1, -0.05) is 0 Å². The van der Waals surface area contributed by atoms with E-state index in [1.807, 2.05) is 13.0 Å². The Morgan fingerprint density at radius 1 is 1.30 bits per heavy atom. The van der Waals surface area contributed by atoms with Crippen LogP contribution in [-0.2, 0) is 9.26 Å². The van der Waals surface area contributed by atoms with Crippen molar-refractivity contribution in [3.63, 3.8) is 0 Å². The average Bonchev–Trinajstić information content (AvgIpc) is 2.69. The monoisotopic (exact) mass is 505 g/mol. The highest BCUT2D eigenvalue weighted by atomic mass is 127. The van der Waals surface area contributed by atoms with Crippen LogP contribution in [0.4, 0.5) is 15.8 Å². The predicted octanol–water partition coefficient (Wildman–Crippen LogP) is 3.95. The summed E-state index contributed by atoms with van der Waals surface area (Å²) in [4.78, 5) is 6.72. The van der Waals surface area contributed by atoms with Gasteiger partial charge < -0.3 is 24.6 Å². The van der Waals surface area contributed by atoms with Crippen LogP contribution in [0.3, 0.4) is 0 Å². The van der Waals surface area contributed by atoms with E-state index < -0.39 is 5.82 Å². The Morgan fingerprint density at radius 3 is 2.81 bits per heavy atom. The minimum Gasteiger partial charge on any atom is -0.474 e. The molecule has 0 bridgehead atoms. The van der Waals surface area contributed by atoms with Crippen molar-refractivity contribution in [2.45, 2.75) is 6.92 Å². The lowest BCUT2D eigenvalue weighted by Crippen LogP contribution is -2.36. The number of nitrogens with two attached hydrogens (primary N) is 1. The molecule has 6 nitrogen and oxygen atoms in total. The fourth-order valence-corrected chi connectivity index (χ4v) is 3.77. The largest absolute Gasteiger partial charge is 0.474 e. The van der Waals surface area contributed by atoms with Gasteiger partial charge in [-0.05, 0) is 58.3 Å². The Bertz CT molecular complexity index is 791. The van der Waals surface area contributed by atoms with Crippen molar-refractivity contribution in [1.29, 1.82) is 0 Å². The molecule has 3 rings (SSSR count). The van der Waals surface area contributed by atoms with Crippen LogP contribution in [0.1, 0.15) is 5.56 Å². The Kier molecular flexibility index (Phi) is 7.46. The number of aromatic nitrogens is 1. The second-order valence-electron chi connectivity index (χ2n) is 6.11. The zero-order valence-electron chi connectivity index (χ0n) is 15.0. The topological polar surface area (TPSA) is 69.8 Å². The summed E-state index contributed by atoms with van der Waals surface area (Å²) >= 11 is 2.18. The van der Waals surface area contributed by atoms with Crippen molar-refractivity contribution in [2.24, 2.45) is 0 Å². The Hall–Kier alpha value is -1.22. The van der Waals surface area contributed by atoms with Crippen LogP contribution in [0, 0.1) is 12.7 Å². The zero-order valence-corrected chi connectivity index (χ0v) is 18.2. The molecule has 146 valence electrons. The van der Waals surface area contributed by atoms with Crippen LogP contribution < -0.4 is 15.4 Å². The van der Waals surface area contributed by atoms with E-state index in [9.17, 15) is 4.39 Å². The summed E-state index contributed by atoms with van der Waals surface area (Å²) in [5.41, 5.74) is 9.33. The Morgan fingerprint density at radius 2 is 2.07 bits per heavy atom. The van der Waals surface area contributed by atoms with Crippen molar-refractivity contribution in [3.05, 3.63) is 35.8 Å². The molecule has 2 aromatic rings. The van der Waals surface area contributed by atoms with Gasteiger partial charge in [-0.15, -0.1) is 0 Å². The lowest BCUT2D eigenvalue weighted by atomic mass is 10.0. The molecule has 1 unspecified atom stereocenters. The average molecular weight is 505 g/mol. The smallest absolute Gasteiger partial charge is 0.237 e. The highest BCUT2D eigenvalue weighted by Crippen LogP contribution is 2.34. The fraction of sp³-hybridized carbons (Fsp3) is 0.389. The number of nitrogen functional groups attached to an aromatic ring is 1. The summed E-state index contributed by atoms with van der Waals surface area (Å²) in [6, 6.07) is 5.13. The molecule has 0 aliphatic carbocycles. The van der Waals surface area contributed by atoms with Crippen LogP contribution >= 0.6 is 28.5 Å². The van der Waals surface area contributed by atoms with Crippen LogP contribution in [-0.4, -0.2) is 44.5 Å². The van der Waals surface area contributed by atoms with Crippen molar-refractivity contribution in [1.82, 2.24) is 4.98 Å². The van der Waals surface area contributed by atoms with Crippen molar-refractivity contribution >= 4 is 39.9 Å². The molecule has 0 radical (unpaired) electrons. The molecule has 2 heterocycles. The van der Waals surface area contributed by atoms with E-state index in [4.69, 9.17) is 19.7 Å². The first-order valence-electron chi connectivity index (χ1n) is 8.59. The third-order valence-electron chi connectivity index (χ3n) is 4.32. The van der Waals surface area contributed by atoms with Gasteiger partial charge in [-0.3, -0.25) is 0 Å². The minimum atomic E-state index is -0.409. The SMILES string of the molecule is Cc1cc(F)c(N)cc1-c1cnc(OCCOPI)c(N2CCOCC2)c1. The molecule has 27 heavy (non-hydrogen) atoms. The van der Waals surface area contributed by atoms with Gasteiger partial charge in [0.05, 0.1) is 32.0 Å². The Labute approximate surface area is 172 Å². The van der Waals surface area contributed by atoms with Gasteiger partial charge >= 0.3 is 0 Å². The third-order valence-corrected chi connectivity index (χ3v) is 5.56. The second kappa shape index (κ2) is 9.82. The number of pyridine rings is 1. The van der Waals surface area contributed by atoms with Gasteiger partial charge in [-0.25, -0.2) is 9.37 Å². The van der Waals surface area contributed by atoms with Gasteiger partial charge in [0, 0.05) is 24.8 Å². The normalized spacial score (nSPS) is 14.9. The van der Waals surface area contributed by atoms with E-state index in [-0.39, 0.29) is 5.69 Å². The van der Waals surface area contributed by atoms with E-state index in [1.54, 1.807) is 12.3 Å². The molecule has 1 atom stereocenters. The number of anilines is 2. The summed E-state index contributed by atoms with van der Waals surface area (Å²) < 4.78 is 30.4. The molecule has 1 aromatic carbocycles. The first kappa shape index (κ1) is 20.5. The highest BCUT2D eigenvalue weighted by Gasteiger charge is 2.19. The maximum Gasteiger partial charge on any atom is 0.237 e. The molecule has 1 fully saturated rings. The van der Waals surface area contributed by atoms with E-state index in [0.717, 1.165) is 35.5 Å². The molecule has 1 aliphatic rings. The third kappa shape index (κ3) is 5.19. The van der Waals surface area contributed by atoms with Gasteiger partial charge in [0.15, 0.2) is 0 Å². The number of aryl methyl sites for hydroxylation is 1. The van der Waals surface area contributed by atoms with Crippen molar-refractivity contribution in [3.8, 4) is 17.0 Å². The maximum absolute atomic E-state index is 13.7. The molecule has 1 aromatic heterocycles. The number of ether oxygens (including phenoxy) is 2. The molecule has 0 amide bonds. The predicted molar refractivity (Wildman–Crippen MR) is 116 cm³/mol. The van der Waals surface area contributed by atoms with Crippen LogP contribution in [0.25, 0.3) is 11.1 Å². The summed E-state index contributed by atoms with van der Waals surface area (Å²) in [5, 5.41) is 0. The second-order valence-corrected chi connectivity index (χ2v) is 7.87. The standard InChI is InChI=1S/C18H22FIN3O3P/c1-12-8-15(19)16(21)10-14(12)13-9-17(23-2-4-24-5-3-23)18(22-11-13)25-6-7-26-27-20/h8-11,27H,2-7,21H2,1H3. The lowest BCUT2D eigenvalue weighted by Gasteiger charge is -2.30. The number of morpholine rings is 1. The number of hydrogen-bond donors (Lipinski definition) is 1. The van der Waals surface area contributed by atoms with Crippen molar-refractivity contribution < 1.29 is 18.4 Å². The first-order chi connectivity index (χ1) is 13.1. The quantitative estimate of drug-likeness (QED) is 0.266. The molecule has 0 saturated carbocycles. The molecular formula is C18H22FIN3O3P. The van der Waals surface area contributed by atoms with Gasteiger partial charge in [0.1, 0.15) is 18.1 Å². The van der Waals surface area contributed by atoms with Gasteiger partial charge in [0.2, 0.25) is 5.88 Å². The number of rotatable bonds is 7. The van der Waals surface area contributed by atoms with E-state index in [1.165, 1.54) is 6.07 Å². The summed E-state index contributed by atoms with van der Waals surface area (Å²) in [5.74, 6) is 0.155. The number of benzene rings is 1. The first-order valence-corrected chi connectivity index (χ1v) is 12.6. The lowest BCUT2D eigenvalue weighted by molar-refractivity contribution is 0.122. The van der Waals surface area contributed by atoms with Crippen molar-refractivity contribution in [2.75, 3.05) is 50.2 Å². The van der Waals surface area contributed by atoms with E-state index >= 15 is 0 Å². The fourth-order valence-electron chi connectivity index (χ4n) is 2.95. The highest BCUT2D eigenvalue weighted by molar-refractivity contribution is 14.2. The van der Waals surface area contributed by atoms with Gasteiger partial charge in [-0.2, -0.15) is 0 Å². The molecule has 1 saturated heterocycles. The molecule has 9 heteroatoms. The van der Waals surface area contributed by atoms with Crippen LogP contribution in [0.5, 0.6) is 5.88 Å². The molecule has 0 spiro atoms. The molecular weight excluding hydrogens is 483 g/mol. The minimum absolute atomic E-state index is 0.126. The molecule has 1 aliphatic heterocycles. The number of hydrogen-bond acceptors (Lipinski definition) is 6. The summed E-state index contributed by atoms with van der Waals surface area (Å²) in [6.45, 7) is 6.05. The molecule has 2 N–H and O–H groups in total. The van der Waals surface area contributed by atoms with E-state index in [0.29, 0.717) is 38.8 Å². The van der Waals surface area contributed by atoms with E-state index in [2.05, 4.69) is 31.9 Å². The zero-order chi connectivity index (χ0) is 19.2. The number of nitrogens with zero attached hydrogens (tertiary/aromatic N) is 2. The summed E-state index contributed by atoms with van der Waals surface area (Å²) in [7, 11) is 0. The van der Waals surface area contributed by atoms with Crippen LogP contribution in [0.15, 0.2) is 24.4 Å². The number of halogens is 2. The van der Waals surface area contributed by atoms with Crippen LogP contribution in [0.2, 0.25) is 0 Å². The summed E-state index contributed by atoms with van der Waals surface area (Å²) in [6.07, 6.45) is 1.74. The Balaban J connectivity index is 1.93.